The molecule has 1 N–H and O–H groups in total. The number of likely N-dealkylation sites (tertiary alicyclic amines) is 1. The number of fused-ring (bicyclic) bond motifs is 3. The maximum absolute atomic E-state index is 14.2. The number of ether oxygens (including phenoxy) is 1. The molecule has 10 nitrogen and oxygen atoms in total. The summed E-state index contributed by atoms with van der Waals surface area (Å²) in [5, 5.41) is 14.3. The van der Waals surface area contributed by atoms with Crippen LogP contribution in [0.2, 0.25) is 0 Å². The first-order valence-corrected chi connectivity index (χ1v) is 14.2. The van der Waals surface area contributed by atoms with Crippen LogP contribution in [0.4, 0.5) is 5.69 Å². The molecule has 1 saturated heterocycles. The van der Waals surface area contributed by atoms with Gasteiger partial charge in [-0.25, -0.2) is 0 Å². The fourth-order valence-corrected chi connectivity index (χ4v) is 6.40. The van der Waals surface area contributed by atoms with Gasteiger partial charge in [-0.15, -0.1) is 0 Å². The predicted octanol–water partition coefficient (Wildman–Crippen LogP) is 2.19. The van der Waals surface area contributed by atoms with Gasteiger partial charge in [0.1, 0.15) is 29.4 Å². The minimum absolute atomic E-state index is 0.0825. The van der Waals surface area contributed by atoms with Gasteiger partial charge in [0, 0.05) is 37.2 Å². The van der Waals surface area contributed by atoms with Crippen LogP contribution < -0.4 is 20.8 Å². The number of hydrogen-bond donors (Lipinski definition) is 1. The third kappa shape index (κ3) is 4.44. The van der Waals surface area contributed by atoms with Gasteiger partial charge in [0.15, 0.2) is 0 Å². The molecule has 0 radical (unpaired) electrons. The van der Waals surface area contributed by atoms with Crippen LogP contribution in [0, 0.1) is 23.2 Å². The molecule has 1 spiro atoms. The standard InChI is InChI=1S/C31H34N6O4/c1-17(2)11-24(29(39)37-16-31(14-20(37)15-32)21-7-5-6-8-22(21)34-30(31)40)36(3)28(38)19-12-23-26(25(13-19)41-4)35-27(33-23)18-9-10-18/h5-8,12-13,17-18,20,24,27H,9-11,14,16H2,1-4H3,(H,34,40)/t20-,24-,27?,31-/m0/s1. The maximum atomic E-state index is 14.2. The van der Waals surface area contributed by atoms with Crippen molar-refractivity contribution in [3.8, 4) is 11.8 Å². The van der Waals surface area contributed by atoms with Crippen LogP contribution in [0.3, 0.4) is 0 Å². The molecule has 4 atom stereocenters. The molecule has 3 amide bonds. The zero-order valence-corrected chi connectivity index (χ0v) is 23.8. The van der Waals surface area contributed by atoms with Gasteiger partial charge in [-0.05, 0) is 48.9 Å². The topological polar surface area (TPSA) is 127 Å². The van der Waals surface area contributed by atoms with Crippen molar-refractivity contribution in [2.45, 2.75) is 63.2 Å². The number of carbonyl (C=O) groups excluding carboxylic acids is 3. The number of anilines is 1. The summed E-state index contributed by atoms with van der Waals surface area (Å²) in [5.74, 6) is 0.123. The van der Waals surface area contributed by atoms with Crippen LogP contribution in [0.25, 0.3) is 0 Å². The van der Waals surface area contributed by atoms with Gasteiger partial charge in [-0.3, -0.25) is 24.4 Å². The van der Waals surface area contributed by atoms with Crippen molar-refractivity contribution < 1.29 is 19.1 Å². The van der Waals surface area contributed by atoms with E-state index in [2.05, 4.69) is 11.4 Å². The Morgan fingerprint density at radius 1 is 1.24 bits per heavy atom. The largest absolute Gasteiger partial charge is 0.494 e. The van der Waals surface area contributed by atoms with Crippen LogP contribution in [-0.2, 0) is 15.0 Å². The van der Waals surface area contributed by atoms with E-state index in [1.165, 1.54) is 9.80 Å². The third-order valence-electron chi connectivity index (χ3n) is 8.78. The van der Waals surface area contributed by atoms with Crippen molar-refractivity contribution in [2.24, 2.45) is 21.8 Å². The summed E-state index contributed by atoms with van der Waals surface area (Å²) in [6.07, 6.45) is 2.66. The summed E-state index contributed by atoms with van der Waals surface area (Å²) < 4.78 is 5.58. The highest BCUT2D eigenvalue weighted by atomic mass is 16.5. The molecule has 1 aliphatic carbocycles. The fourth-order valence-electron chi connectivity index (χ4n) is 6.40. The van der Waals surface area contributed by atoms with Crippen molar-refractivity contribution in [3.63, 3.8) is 0 Å². The molecule has 0 aromatic heterocycles. The zero-order chi connectivity index (χ0) is 29.1. The Morgan fingerprint density at radius 2 is 2.00 bits per heavy atom. The van der Waals surface area contributed by atoms with Crippen LogP contribution in [-0.4, -0.2) is 66.5 Å². The fraction of sp³-hybridized carbons (Fsp3) is 0.484. The third-order valence-corrected chi connectivity index (χ3v) is 8.78. The number of hydrogen-bond acceptors (Lipinski definition) is 7. The number of likely N-dealkylation sites (N-methyl/N-ethyl adjacent to an activating group) is 1. The lowest BCUT2D eigenvalue weighted by molar-refractivity contribution is -0.136. The van der Waals surface area contributed by atoms with Gasteiger partial charge in [-0.2, -0.15) is 5.26 Å². The smallest absolute Gasteiger partial charge is 0.254 e. The van der Waals surface area contributed by atoms with E-state index in [1.807, 2.05) is 38.1 Å². The van der Waals surface area contributed by atoms with E-state index in [0.29, 0.717) is 40.1 Å². The quantitative estimate of drug-likeness (QED) is 0.561. The van der Waals surface area contributed by atoms with Crippen molar-refractivity contribution in [1.82, 2.24) is 9.80 Å². The van der Waals surface area contributed by atoms with Crippen molar-refractivity contribution in [2.75, 3.05) is 26.0 Å². The van der Waals surface area contributed by atoms with E-state index in [4.69, 9.17) is 14.7 Å². The second-order valence-electron chi connectivity index (χ2n) is 12.0. The molecule has 6 rings (SSSR count). The monoisotopic (exact) mass is 554 g/mol. The van der Waals surface area contributed by atoms with Crippen LogP contribution in [0.5, 0.6) is 5.75 Å². The highest BCUT2D eigenvalue weighted by molar-refractivity contribution is 6.07. The van der Waals surface area contributed by atoms with Crippen LogP contribution in [0.1, 0.15) is 55.5 Å². The molecule has 212 valence electrons. The SMILES string of the molecule is COc1cc(C(=O)N(C)[C@@H](CC(C)C)C(=O)N2C[C@]3(C[C@H]2C#N)C(=O)Nc2ccccc23)cc2c1=NC(C1CC1)N=2. The molecule has 2 fully saturated rings. The number of benzene rings is 2. The van der Waals surface area contributed by atoms with Gasteiger partial charge >= 0.3 is 0 Å². The highest BCUT2D eigenvalue weighted by Gasteiger charge is 2.56. The second kappa shape index (κ2) is 9.98. The number of nitriles is 1. The number of amides is 3. The lowest BCUT2D eigenvalue weighted by Crippen LogP contribution is -2.52. The number of nitrogens with zero attached hydrogens (tertiary/aromatic N) is 5. The first-order valence-electron chi connectivity index (χ1n) is 14.2. The maximum Gasteiger partial charge on any atom is 0.254 e. The van der Waals surface area contributed by atoms with E-state index in [9.17, 15) is 19.6 Å². The Morgan fingerprint density at radius 3 is 2.68 bits per heavy atom. The first kappa shape index (κ1) is 26.9. The molecule has 1 unspecified atom stereocenters. The molecule has 3 heterocycles. The molecule has 1 saturated carbocycles. The van der Waals surface area contributed by atoms with E-state index in [1.54, 1.807) is 26.3 Å². The molecule has 0 bridgehead atoms. The summed E-state index contributed by atoms with van der Waals surface area (Å²) in [6, 6.07) is 11.4. The average molecular weight is 555 g/mol. The first-order chi connectivity index (χ1) is 19.7. The van der Waals surface area contributed by atoms with E-state index >= 15 is 0 Å². The van der Waals surface area contributed by atoms with Crippen molar-refractivity contribution in [3.05, 3.63) is 58.2 Å². The lowest BCUT2D eigenvalue weighted by atomic mass is 9.80. The number of rotatable bonds is 7. The molecule has 2 aromatic carbocycles. The molecule has 3 aliphatic heterocycles. The van der Waals surface area contributed by atoms with Gasteiger partial charge in [0.05, 0.1) is 24.0 Å². The average Bonchev–Trinajstić information content (AvgIpc) is 3.51. The van der Waals surface area contributed by atoms with E-state index in [-0.39, 0.29) is 42.8 Å². The summed E-state index contributed by atoms with van der Waals surface area (Å²) in [6.45, 7) is 4.06. The normalized spacial score (nSPS) is 24.7. The van der Waals surface area contributed by atoms with E-state index in [0.717, 1.165) is 18.4 Å². The van der Waals surface area contributed by atoms with Gasteiger partial charge in [0.25, 0.3) is 5.91 Å². The van der Waals surface area contributed by atoms with Crippen LogP contribution >= 0.6 is 0 Å². The minimum atomic E-state index is -0.992. The molecule has 41 heavy (non-hydrogen) atoms. The Kier molecular flexibility index (Phi) is 6.56. The lowest BCUT2D eigenvalue weighted by Gasteiger charge is -2.33. The zero-order valence-electron chi connectivity index (χ0n) is 23.8. The van der Waals surface area contributed by atoms with E-state index < -0.39 is 17.5 Å². The summed E-state index contributed by atoms with van der Waals surface area (Å²) in [5.41, 5.74) is 0.878. The minimum Gasteiger partial charge on any atom is -0.494 e. The van der Waals surface area contributed by atoms with Gasteiger partial charge in [-0.1, -0.05) is 32.0 Å². The number of para-hydroxylation sites is 1. The summed E-state index contributed by atoms with van der Waals surface area (Å²) in [7, 11) is 3.16. The Labute approximate surface area is 238 Å². The van der Waals surface area contributed by atoms with Crippen LogP contribution in [0.15, 0.2) is 46.4 Å². The number of carbonyl (C=O) groups is 3. The highest BCUT2D eigenvalue weighted by Crippen LogP contribution is 2.46. The predicted molar refractivity (Wildman–Crippen MR) is 150 cm³/mol. The van der Waals surface area contributed by atoms with Crippen molar-refractivity contribution >= 4 is 23.4 Å². The molecule has 4 aliphatic rings. The van der Waals surface area contributed by atoms with Crippen molar-refractivity contribution in [1.29, 1.82) is 5.26 Å². The van der Waals surface area contributed by atoms with Gasteiger partial charge < -0.3 is 19.9 Å². The summed E-state index contributed by atoms with van der Waals surface area (Å²) in [4.78, 5) is 53.7. The molecule has 2 aromatic rings. The summed E-state index contributed by atoms with van der Waals surface area (Å²) >= 11 is 0. The van der Waals surface area contributed by atoms with Gasteiger partial charge in [0.2, 0.25) is 11.8 Å². The molecular weight excluding hydrogens is 520 g/mol. The number of methoxy groups -OCH3 is 1. The number of nitrogens with one attached hydrogen (secondary N) is 1. The Balaban J connectivity index is 1.31. The Hall–Kier alpha value is -4.26. The molecule has 10 heteroatoms. The second-order valence-corrected chi connectivity index (χ2v) is 12.0. The molecular formula is C31H34N6O4. The Bertz CT molecular complexity index is 1610.